The van der Waals surface area contributed by atoms with Crippen molar-refractivity contribution in [2.45, 2.75) is 6.10 Å². The number of carbonyl (C=O) groups is 1. The molecule has 0 saturated carbocycles. The fourth-order valence-electron chi connectivity index (χ4n) is 1.39. The van der Waals surface area contributed by atoms with Crippen molar-refractivity contribution in [1.82, 2.24) is 0 Å². The van der Waals surface area contributed by atoms with Crippen molar-refractivity contribution in [3.05, 3.63) is 29.8 Å². The van der Waals surface area contributed by atoms with Gasteiger partial charge in [0.25, 0.3) is 0 Å². The van der Waals surface area contributed by atoms with Crippen LogP contribution >= 0.6 is 0 Å². The second-order valence-electron chi connectivity index (χ2n) is 2.73. The average molecular weight is 162 g/mol. The second-order valence-corrected chi connectivity index (χ2v) is 2.73. The molecule has 3 nitrogen and oxygen atoms in total. The van der Waals surface area contributed by atoms with E-state index in [1.165, 1.54) is 0 Å². The van der Waals surface area contributed by atoms with Crippen LogP contribution in [-0.2, 0) is 9.45 Å². The Balaban J connectivity index is 2.42. The minimum Gasteiger partial charge on any atom is -0.479 e. The van der Waals surface area contributed by atoms with E-state index in [-0.39, 0.29) is 0 Å². The highest BCUT2D eigenvalue weighted by molar-refractivity contribution is 6.49. The smallest absolute Gasteiger partial charge is 0.335 e. The summed E-state index contributed by atoms with van der Waals surface area (Å²) in [7, 11) is 0.410. The Labute approximate surface area is 70.2 Å². The first-order valence-electron chi connectivity index (χ1n) is 3.71. The summed E-state index contributed by atoms with van der Waals surface area (Å²) in [6.07, 6.45) is -0.763. The SMILES string of the molecule is O=C(O)C1OBc2ccccc21. The van der Waals surface area contributed by atoms with Crippen LogP contribution in [0.2, 0.25) is 0 Å². The molecule has 1 atom stereocenters. The molecule has 0 aliphatic carbocycles. The fourth-order valence-corrected chi connectivity index (χ4v) is 1.39. The van der Waals surface area contributed by atoms with E-state index in [0.717, 1.165) is 11.0 Å². The van der Waals surface area contributed by atoms with E-state index in [1.807, 2.05) is 18.2 Å². The minimum atomic E-state index is -0.917. The fraction of sp³-hybridized carbons (Fsp3) is 0.125. The molecule has 0 spiro atoms. The summed E-state index contributed by atoms with van der Waals surface area (Å²) in [5.41, 5.74) is 1.76. The first-order valence-corrected chi connectivity index (χ1v) is 3.71. The Morgan fingerprint density at radius 2 is 2.25 bits per heavy atom. The summed E-state index contributed by atoms with van der Waals surface area (Å²) in [6.45, 7) is 0. The van der Waals surface area contributed by atoms with Gasteiger partial charge >= 0.3 is 13.5 Å². The van der Waals surface area contributed by atoms with Gasteiger partial charge in [0.2, 0.25) is 0 Å². The molecular formula is C8H7BO3. The summed E-state index contributed by atoms with van der Waals surface area (Å²) in [6, 6.07) is 7.38. The molecule has 0 radical (unpaired) electrons. The molecule has 0 saturated heterocycles. The zero-order valence-corrected chi connectivity index (χ0v) is 6.36. The van der Waals surface area contributed by atoms with Crippen molar-refractivity contribution < 1.29 is 14.6 Å². The third-order valence-electron chi connectivity index (χ3n) is 1.97. The predicted octanol–water partition coefficient (Wildman–Crippen LogP) is -0.181. The summed E-state index contributed by atoms with van der Waals surface area (Å²) >= 11 is 0. The number of carboxylic acid groups (broad SMARTS) is 1. The molecule has 0 bridgehead atoms. The van der Waals surface area contributed by atoms with E-state index in [9.17, 15) is 4.79 Å². The van der Waals surface area contributed by atoms with Crippen molar-refractivity contribution >= 4 is 18.9 Å². The third-order valence-corrected chi connectivity index (χ3v) is 1.97. The number of fused-ring (bicyclic) bond motifs is 1. The highest BCUT2D eigenvalue weighted by Gasteiger charge is 2.29. The van der Waals surface area contributed by atoms with Gasteiger partial charge in [-0.1, -0.05) is 24.3 Å². The quantitative estimate of drug-likeness (QED) is 0.582. The zero-order valence-electron chi connectivity index (χ0n) is 6.36. The maximum Gasteiger partial charge on any atom is 0.335 e. The van der Waals surface area contributed by atoms with Gasteiger partial charge < -0.3 is 9.76 Å². The van der Waals surface area contributed by atoms with E-state index in [2.05, 4.69) is 0 Å². The number of benzene rings is 1. The molecule has 1 N–H and O–H groups in total. The number of hydrogen-bond donors (Lipinski definition) is 1. The molecule has 1 aliphatic heterocycles. The maximum atomic E-state index is 10.6. The van der Waals surface area contributed by atoms with Crippen molar-refractivity contribution in [2.75, 3.05) is 0 Å². The van der Waals surface area contributed by atoms with Crippen molar-refractivity contribution in [3.8, 4) is 0 Å². The van der Waals surface area contributed by atoms with Crippen molar-refractivity contribution in [2.24, 2.45) is 0 Å². The summed E-state index contributed by atoms with van der Waals surface area (Å²) < 4.78 is 5.09. The molecule has 12 heavy (non-hydrogen) atoms. The van der Waals surface area contributed by atoms with E-state index < -0.39 is 12.1 Å². The lowest BCUT2D eigenvalue weighted by Crippen LogP contribution is -2.11. The molecule has 1 unspecified atom stereocenters. The van der Waals surface area contributed by atoms with Crippen LogP contribution in [0.4, 0.5) is 0 Å². The number of rotatable bonds is 1. The van der Waals surface area contributed by atoms with E-state index in [0.29, 0.717) is 7.48 Å². The van der Waals surface area contributed by atoms with E-state index >= 15 is 0 Å². The van der Waals surface area contributed by atoms with Crippen molar-refractivity contribution in [3.63, 3.8) is 0 Å². The summed E-state index contributed by atoms with van der Waals surface area (Å²) in [5.74, 6) is -0.917. The van der Waals surface area contributed by atoms with E-state index in [1.54, 1.807) is 6.07 Å². The Kier molecular flexibility index (Phi) is 1.62. The first-order chi connectivity index (χ1) is 5.79. The van der Waals surface area contributed by atoms with Crippen LogP contribution in [0.5, 0.6) is 0 Å². The standard InChI is InChI=1S/C8H7BO3/c10-8(11)7-5-3-1-2-4-6(5)9-12-7/h1-4,7,9H,(H,10,11). The highest BCUT2D eigenvalue weighted by Crippen LogP contribution is 2.19. The molecule has 1 heterocycles. The predicted molar refractivity (Wildman–Crippen MR) is 44.7 cm³/mol. The molecule has 1 aliphatic rings. The Hall–Kier alpha value is -1.29. The van der Waals surface area contributed by atoms with Gasteiger partial charge in [-0.25, -0.2) is 4.79 Å². The molecule has 2 rings (SSSR count). The molecule has 60 valence electrons. The van der Waals surface area contributed by atoms with Crippen LogP contribution in [0.3, 0.4) is 0 Å². The third kappa shape index (κ3) is 1.01. The topological polar surface area (TPSA) is 46.5 Å². The molecule has 4 heteroatoms. The molecular weight excluding hydrogens is 155 g/mol. The normalized spacial score (nSPS) is 19.8. The Bertz CT molecular complexity index is 324. The Morgan fingerprint density at radius 3 is 3.00 bits per heavy atom. The van der Waals surface area contributed by atoms with Gasteiger partial charge in [-0.2, -0.15) is 0 Å². The van der Waals surface area contributed by atoms with Gasteiger partial charge in [-0.3, -0.25) is 0 Å². The van der Waals surface area contributed by atoms with Crippen LogP contribution in [0.1, 0.15) is 11.7 Å². The number of hydrogen-bond acceptors (Lipinski definition) is 2. The Morgan fingerprint density at radius 1 is 1.50 bits per heavy atom. The van der Waals surface area contributed by atoms with Gasteiger partial charge in [0.15, 0.2) is 6.10 Å². The van der Waals surface area contributed by atoms with E-state index in [4.69, 9.17) is 9.76 Å². The summed E-state index contributed by atoms with van der Waals surface area (Å²) in [5, 5.41) is 8.74. The molecule has 1 aromatic rings. The number of aliphatic carboxylic acids is 1. The van der Waals surface area contributed by atoms with Crippen LogP contribution in [0, 0.1) is 0 Å². The highest BCUT2D eigenvalue weighted by atomic mass is 16.5. The monoisotopic (exact) mass is 162 g/mol. The van der Waals surface area contributed by atoms with Gasteiger partial charge in [-0.05, 0) is 11.0 Å². The van der Waals surface area contributed by atoms with Crippen LogP contribution in [0.15, 0.2) is 24.3 Å². The molecule has 1 aromatic carbocycles. The minimum absolute atomic E-state index is 0.410. The lowest BCUT2D eigenvalue weighted by Gasteiger charge is -2.04. The number of carboxylic acids is 1. The first kappa shape index (κ1) is 7.37. The lowest BCUT2D eigenvalue weighted by molar-refractivity contribution is -0.145. The van der Waals surface area contributed by atoms with Crippen LogP contribution in [-0.4, -0.2) is 18.6 Å². The van der Waals surface area contributed by atoms with Gasteiger partial charge in [-0.15, -0.1) is 0 Å². The molecule has 0 amide bonds. The molecule has 0 fully saturated rings. The van der Waals surface area contributed by atoms with Gasteiger partial charge in [0.05, 0.1) is 0 Å². The van der Waals surface area contributed by atoms with Crippen molar-refractivity contribution in [1.29, 1.82) is 0 Å². The second kappa shape index (κ2) is 2.64. The van der Waals surface area contributed by atoms with Crippen LogP contribution in [0.25, 0.3) is 0 Å². The van der Waals surface area contributed by atoms with Gasteiger partial charge in [0.1, 0.15) is 0 Å². The summed E-state index contributed by atoms with van der Waals surface area (Å²) in [4.78, 5) is 10.6. The zero-order chi connectivity index (χ0) is 8.55. The average Bonchev–Trinajstić information content (AvgIpc) is 2.47. The molecule has 0 aromatic heterocycles. The maximum absolute atomic E-state index is 10.6. The van der Waals surface area contributed by atoms with Gasteiger partial charge in [0, 0.05) is 0 Å². The van der Waals surface area contributed by atoms with Crippen LogP contribution < -0.4 is 5.46 Å². The largest absolute Gasteiger partial charge is 0.479 e. The lowest BCUT2D eigenvalue weighted by atomic mass is 9.87.